The minimum absolute atomic E-state index is 0.206. The van der Waals surface area contributed by atoms with Crippen molar-refractivity contribution in [1.29, 1.82) is 0 Å². The van der Waals surface area contributed by atoms with Gasteiger partial charge in [0.15, 0.2) is 23.1 Å². The maximum absolute atomic E-state index is 14.5. The zero-order valence-electron chi connectivity index (χ0n) is 32.5. The molecule has 0 heterocycles. The minimum atomic E-state index is -0.245. The maximum atomic E-state index is 14.5. The van der Waals surface area contributed by atoms with Crippen LogP contribution in [0.1, 0.15) is 74.8 Å². The number of aryl methyl sites for hydroxylation is 2. The molecule has 60 heavy (non-hydrogen) atoms. The second-order valence-electron chi connectivity index (χ2n) is 14.1. The summed E-state index contributed by atoms with van der Waals surface area (Å²) in [5.74, 6) is 0.329. The van der Waals surface area contributed by atoms with E-state index in [1.54, 1.807) is 109 Å². The zero-order valence-corrected chi connectivity index (χ0v) is 32.5. The van der Waals surface area contributed by atoms with Gasteiger partial charge in [0.1, 0.15) is 23.0 Å². The van der Waals surface area contributed by atoms with Gasteiger partial charge in [0, 0.05) is 22.3 Å². The van der Waals surface area contributed by atoms with Gasteiger partial charge in [0.25, 0.3) is 0 Å². The van der Waals surface area contributed by atoms with Crippen molar-refractivity contribution in [2.24, 2.45) is 0 Å². The summed E-state index contributed by atoms with van der Waals surface area (Å²) in [6.07, 6.45) is 0.689. The lowest BCUT2D eigenvalue weighted by molar-refractivity contribution is 0.102. The number of benzene rings is 8. The van der Waals surface area contributed by atoms with E-state index < -0.39 is 0 Å². The molecule has 0 saturated carbocycles. The van der Waals surface area contributed by atoms with E-state index in [-0.39, 0.29) is 23.1 Å². The molecule has 0 N–H and O–H groups in total. The topological polar surface area (TPSA) is 86.7 Å². The number of ether oxygens (including phenoxy) is 2. The summed E-state index contributed by atoms with van der Waals surface area (Å²) < 4.78 is 13.1. The van der Waals surface area contributed by atoms with E-state index in [0.29, 0.717) is 91.5 Å². The Hall–Kier alpha value is -7.96. The van der Waals surface area contributed by atoms with Crippen molar-refractivity contribution in [3.63, 3.8) is 0 Å². The van der Waals surface area contributed by atoms with Crippen LogP contribution in [0, 0.1) is 0 Å². The highest BCUT2D eigenvalue weighted by Gasteiger charge is 2.25. The molecule has 0 aromatic heterocycles. The quantitative estimate of drug-likeness (QED) is 0.0963. The van der Waals surface area contributed by atoms with E-state index in [1.165, 1.54) is 0 Å². The summed E-state index contributed by atoms with van der Waals surface area (Å²) in [4.78, 5) is 56.3. The number of carbonyl (C=O) groups excluding carboxylic acids is 4. The Morgan fingerprint density at radius 2 is 0.567 bits per heavy atom. The van der Waals surface area contributed by atoms with Crippen LogP contribution in [0.15, 0.2) is 206 Å². The van der Waals surface area contributed by atoms with E-state index in [2.05, 4.69) is 0 Å². The van der Waals surface area contributed by atoms with Crippen molar-refractivity contribution in [3.05, 3.63) is 262 Å². The van der Waals surface area contributed by atoms with Gasteiger partial charge in [-0.2, -0.15) is 0 Å². The standard InChI is InChI=1S/C54H38O6/c55-51(39-19-5-1-6-20-39)43-29-13-15-31-45(43)59-47-33-17-27-37(49(47)53(57)41-23-9-3-10-24-41)35-36-38-28-18-34-48(50(38)54(58)42-25-11-4-12-26-42)60-46-32-16-14-30-44(46)52(56)40-21-7-2-8-22-40/h1-34H,35-36H2. The molecular weight excluding hydrogens is 745 g/mol. The highest BCUT2D eigenvalue weighted by molar-refractivity contribution is 6.14. The molecule has 0 unspecified atom stereocenters. The van der Waals surface area contributed by atoms with Crippen LogP contribution in [0.4, 0.5) is 0 Å². The van der Waals surface area contributed by atoms with E-state index in [4.69, 9.17) is 9.47 Å². The Bertz CT molecular complexity index is 2620. The molecule has 8 aromatic carbocycles. The molecule has 0 saturated heterocycles. The first-order valence-electron chi connectivity index (χ1n) is 19.6. The third kappa shape index (κ3) is 8.49. The molecule has 6 heteroatoms. The van der Waals surface area contributed by atoms with Crippen LogP contribution in [0.5, 0.6) is 23.0 Å². The van der Waals surface area contributed by atoms with Gasteiger partial charge in [-0.25, -0.2) is 0 Å². The number of hydrogen-bond acceptors (Lipinski definition) is 6. The SMILES string of the molecule is O=C(c1ccccc1)c1ccccc1Oc1cccc(CCc2cccc(Oc3ccccc3C(=O)c3ccccc3)c2C(=O)c2ccccc2)c1C(=O)c1ccccc1. The third-order valence-corrected chi connectivity index (χ3v) is 10.2. The van der Waals surface area contributed by atoms with Crippen LogP contribution in [0.25, 0.3) is 0 Å². The van der Waals surface area contributed by atoms with Gasteiger partial charge >= 0.3 is 0 Å². The van der Waals surface area contributed by atoms with Gasteiger partial charge in [-0.3, -0.25) is 19.2 Å². The Morgan fingerprint density at radius 3 is 0.917 bits per heavy atom. The highest BCUT2D eigenvalue weighted by Crippen LogP contribution is 2.36. The lowest BCUT2D eigenvalue weighted by atomic mass is 9.90. The molecule has 6 nitrogen and oxygen atoms in total. The Balaban J connectivity index is 1.18. The molecule has 0 bridgehead atoms. The zero-order chi connectivity index (χ0) is 41.3. The summed E-state index contributed by atoms with van der Waals surface area (Å²) in [5, 5.41) is 0. The van der Waals surface area contributed by atoms with Gasteiger partial charge in [0.05, 0.1) is 22.3 Å². The molecule has 290 valence electrons. The Labute approximate surface area is 348 Å². The molecular formula is C54H38O6. The summed E-state index contributed by atoms with van der Waals surface area (Å²) >= 11 is 0. The predicted molar refractivity (Wildman–Crippen MR) is 233 cm³/mol. The van der Waals surface area contributed by atoms with E-state index in [9.17, 15) is 19.2 Å². The fourth-order valence-electron chi connectivity index (χ4n) is 7.21. The summed E-state index contributed by atoms with van der Waals surface area (Å²) in [5.41, 5.74) is 4.78. The second kappa shape index (κ2) is 18.1. The summed E-state index contributed by atoms with van der Waals surface area (Å²) in [6, 6.07) is 60.8. The fraction of sp³-hybridized carbons (Fsp3) is 0.0370. The lowest BCUT2D eigenvalue weighted by Gasteiger charge is -2.18. The smallest absolute Gasteiger partial charge is 0.197 e. The fourth-order valence-corrected chi connectivity index (χ4v) is 7.21. The Kier molecular flexibility index (Phi) is 11.7. The van der Waals surface area contributed by atoms with Gasteiger partial charge < -0.3 is 9.47 Å². The van der Waals surface area contributed by atoms with Crippen molar-refractivity contribution >= 4 is 23.1 Å². The minimum Gasteiger partial charge on any atom is -0.456 e. The number of para-hydroxylation sites is 2. The molecule has 0 amide bonds. The predicted octanol–water partition coefficient (Wildman–Crippen LogP) is 12.0. The number of carbonyl (C=O) groups is 4. The summed E-state index contributed by atoms with van der Waals surface area (Å²) in [6.45, 7) is 0. The van der Waals surface area contributed by atoms with Gasteiger partial charge in [-0.15, -0.1) is 0 Å². The average molecular weight is 783 g/mol. The van der Waals surface area contributed by atoms with Crippen molar-refractivity contribution in [1.82, 2.24) is 0 Å². The number of rotatable bonds is 15. The first-order valence-corrected chi connectivity index (χ1v) is 19.6. The molecule has 0 fully saturated rings. The molecule has 0 aliphatic heterocycles. The number of ketones is 4. The first-order chi connectivity index (χ1) is 29.5. The van der Waals surface area contributed by atoms with Crippen LogP contribution < -0.4 is 9.47 Å². The molecule has 0 spiro atoms. The molecule has 0 aliphatic carbocycles. The molecule has 8 aromatic rings. The van der Waals surface area contributed by atoms with Crippen LogP contribution in [-0.4, -0.2) is 23.1 Å². The van der Waals surface area contributed by atoms with Crippen LogP contribution in [0.2, 0.25) is 0 Å². The van der Waals surface area contributed by atoms with E-state index in [0.717, 1.165) is 0 Å². The average Bonchev–Trinajstić information content (AvgIpc) is 3.31. The van der Waals surface area contributed by atoms with Crippen molar-refractivity contribution in [2.75, 3.05) is 0 Å². The normalized spacial score (nSPS) is 10.7. The highest BCUT2D eigenvalue weighted by atomic mass is 16.5. The molecule has 0 aliphatic rings. The van der Waals surface area contributed by atoms with Crippen molar-refractivity contribution < 1.29 is 28.7 Å². The van der Waals surface area contributed by atoms with E-state index in [1.807, 2.05) is 97.1 Å². The van der Waals surface area contributed by atoms with Gasteiger partial charge in [0.2, 0.25) is 0 Å². The monoisotopic (exact) mass is 782 g/mol. The van der Waals surface area contributed by atoms with Gasteiger partial charge in [-0.1, -0.05) is 170 Å². The third-order valence-electron chi connectivity index (χ3n) is 10.2. The second-order valence-corrected chi connectivity index (χ2v) is 14.1. The molecule has 0 atom stereocenters. The number of hydrogen-bond donors (Lipinski definition) is 0. The first kappa shape index (κ1) is 38.9. The van der Waals surface area contributed by atoms with Gasteiger partial charge in [-0.05, 0) is 60.4 Å². The maximum Gasteiger partial charge on any atom is 0.197 e. The van der Waals surface area contributed by atoms with E-state index >= 15 is 0 Å². The Morgan fingerprint density at radius 1 is 0.283 bits per heavy atom. The van der Waals surface area contributed by atoms with Crippen molar-refractivity contribution in [2.45, 2.75) is 12.8 Å². The van der Waals surface area contributed by atoms with Crippen molar-refractivity contribution in [3.8, 4) is 23.0 Å². The lowest BCUT2D eigenvalue weighted by Crippen LogP contribution is -2.12. The largest absolute Gasteiger partial charge is 0.456 e. The van der Waals surface area contributed by atoms with Crippen LogP contribution >= 0.6 is 0 Å². The molecule has 8 rings (SSSR count). The van der Waals surface area contributed by atoms with Crippen LogP contribution in [0.3, 0.4) is 0 Å². The molecule has 0 radical (unpaired) electrons. The van der Waals surface area contributed by atoms with Crippen LogP contribution in [-0.2, 0) is 12.8 Å². The summed E-state index contributed by atoms with van der Waals surface area (Å²) in [7, 11) is 0.